The molecule has 0 radical (unpaired) electrons. The second kappa shape index (κ2) is 6.86. The molecule has 1 aromatic carbocycles. The van der Waals surface area contributed by atoms with E-state index in [9.17, 15) is 9.59 Å². The van der Waals surface area contributed by atoms with E-state index in [2.05, 4.69) is 10.4 Å². The number of hydrogen-bond donors (Lipinski definition) is 2. The minimum Gasteiger partial charge on any atom is -0.481 e. The number of carboxylic acid groups (broad SMARTS) is 1. The zero-order chi connectivity index (χ0) is 17.1. The predicted molar refractivity (Wildman–Crippen MR) is 88.6 cm³/mol. The number of nitrogens with one attached hydrogen (secondary N) is 1. The molecule has 1 aliphatic rings. The summed E-state index contributed by atoms with van der Waals surface area (Å²) in [5, 5.41) is 16.4. The van der Waals surface area contributed by atoms with Crippen LogP contribution < -0.4 is 5.32 Å². The van der Waals surface area contributed by atoms with Gasteiger partial charge in [-0.2, -0.15) is 5.10 Å². The minimum atomic E-state index is -0.803. The molecule has 0 bridgehead atoms. The monoisotopic (exact) mass is 327 g/mol. The first kappa shape index (κ1) is 16.2. The third kappa shape index (κ3) is 3.32. The maximum atomic E-state index is 12.5. The Morgan fingerprint density at radius 2 is 2.00 bits per heavy atom. The van der Waals surface area contributed by atoms with Crippen molar-refractivity contribution < 1.29 is 14.7 Å². The standard InChI is InChI=1S/C18H21N3O3/c1-12(20-17(22)13-7-8-14(11-13)18(23)24)15-5-2-3-6-16(15)21-10-4-9-19-21/h2-6,9-10,12-14H,7-8,11H2,1H3,(H,20,22)(H,23,24)/t12?,13-,14+/m1/s1. The van der Waals surface area contributed by atoms with Gasteiger partial charge in [0.25, 0.3) is 0 Å². The van der Waals surface area contributed by atoms with Gasteiger partial charge in [0.1, 0.15) is 0 Å². The molecule has 1 aliphatic carbocycles. The van der Waals surface area contributed by atoms with E-state index in [-0.39, 0.29) is 17.9 Å². The van der Waals surface area contributed by atoms with Crippen LogP contribution in [0.3, 0.4) is 0 Å². The van der Waals surface area contributed by atoms with Crippen molar-refractivity contribution in [2.75, 3.05) is 0 Å². The van der Waals surface area contributed by atoms with Crippen LogP contribution in [0.25, 0.3) is 5.69 Å². The Hall–Kier alpha value is -2.63. The highest BCUT2D eigenvalue weighted by molar-refractivity contribution is 5.81. The quantitative estimate of drug-likeness (QED) is 0.884. The van der Waals surface area contributed by atoms with Gasteiger partial charge in [-0.1, -0.05) is 18.2 Å². The number of carboxylic acids is 1. The van der Waals surface area contributed by atoms with Gasteiger partial charge in [0.2, 0.25) is 5.91 Å². The van der Waals surface area contributed by atoms with E-state index in [0.29, 0.717) is 19.3 Å². The Morgan fingerprint density at radius 1 is 1.25 bits per heavy atom. The molecule has 24 heavy (non-hydrogen) atoms. The SMILES string of the molecule is CC(NC(=O)[C@@H]1CC[C@H](C(=O)O)C1)c1ccccc1-n1cccn1. The Labute approximate surface area is 140 Å². The largest absolute Gasteiger partial charge is 0.481 e. The smallest absolute Gasteiger partial charge is 0.306 e. The molecular weight excluding hydrogens is 306 g/mol. The van der Waals surface area contributed by atoms with Gasteiger partial charge in [0.05, 0.1) is 17.6 Å². The van der Waals surface area contributed by atoms with Crippen LogP contribution in [0.2, 0.25) is 0 Å². The normalized spacial score (nSPS) is 21.4. The molecule has 3 rings (SSSR count). The van der Waals surface area contributed by atoms with Crippen LogP contribution in [0.4, 0.5) is 0 Å². The molecule has 6 heteroatoms. The van der Waals surface area contributed by atoms with Crippen LogP contribution in [-0.2, 0) is 9.59 Å². The molecule has 0 spiro atoms. The molecular formula is C18H21N3O3. The number of aliphatic carboxylic acids is 1. The summed E-state index contributed by atoms with van der Waals surface area (Å²) < 4.78 is 1.77. The van der Waals surface area contributed by atoms with Crippen molar-refractivity contribution in [3.05, 3.63) is 48.3 Å². The summed E-state index contributed by atoms with van der Waals surface area (Å²) in [6.07, 6.45) is 5.21. The van der Waals surface area contributed by atoms with E-state index in [4.69, 9.17) is 5.11 Å². The molecule has 1 unspecified atom stereocenters. The number of hydrogen-bond acceptors (Lipinski definition) is 3. The third-order valence-electron chi connectivity index (χ3n) is 4.67. The van der Waals surface area contributed by atoms with Gasteiger partial charge in [-0.25, -0.2) is 4.68 Å². The summed E-state index contributed by atoms with van der Waals surface area (Å²) in [6.45, 7) is 1.93. The lowest BCUT2D eigenvalue weighted by Crippen LogP contribution is -2.32. The van der Waals surface area contributed by atoms with Crippen LogP contribution >= 0.6 is 0 Å². The first-order valence-electron chi connectivity index (χ1n) is 8.18. The van der Waals surface area contributed by atoms with Crippen LogP contribution in [0.15, 0.2) is 42.7 Å². The number of amides is 1. The van der Waals surface area contributed by atoms with Gasteiger partial charge in [-0.15, -0.1) is 0 Å². The summed E-state index contributed by atoms with van der Waals surface area (Å²) in [5.41, 5.74) is 1.90. The summed E-state index contributed by atoms with van der Waals surface area (Å²) in [4.78, 5) is 23.5. The molecule has 2 N–H and O–H groups in total. The molecule has 3 atom stereocenters. The highest BCUT2D eigenvalue weighted by atomic mass is 16.4. The second-order valence-electron chi connectivity index (χ2n) is 6.28. The number of carbonyl (C=O) groups is 2. The number of rotatable bonds is 5. The average Bonchev–Trinajstić information content (AvgIpc) is 3.26. The van der Waals surface area contributed by atoms with E-state index in [0.717, 1.165) is 11.3 Å². The van der Waals surface area contributed by atoms with Crippen molar-refractivity contribution >= 4 is 11.9 Å². The fourth-order valence-electron chi connectivity index (χ4n) is 3.33. The average molecular weight is 327 g/mol. The minimum absolute atomic E-state index is 0.0680. The zero-order valence-corrected chi connectivity index (χ0v) is 13.6. The van der Waals surface area contributed by atoms with Crippen molar-refractivity contribution in [3.8, 4) is 5.69 Å². The van der Waals surface area contributed by atoms with E-state index >= 15 is 0 Å². The van der Waals surface area contributed by atoms with E-state index in [1.165, 1.54) is 0 Å². The fraction of sp³-hybridized carbons (Fsp3) is 0.389. The highest BCUT2D eigenvalue weighted by Gasteiger charge is 2.34. The molecule has 1 saturated carbocycles. The number of carbonyl (C=O) groups excluding carboxylic acids is 1. The van der Waals surface area contributed by atoms with Gasteiger partial charge >= 0.3 is 5.97 Å². The molecule has 0 saturated heterocycles. The fourth-order valence-corrected chi connectivity index (χ4v) is 3.33. The molecule has 1 fully saturated rings. The Bertz CT molecular complexity index is 727. The van der Waals surface area contributed by atoms with Crippen LogP contribution in [-0.4, -0.2) is 26.8 Å². The van der Waals surface area contributed by atoms with Crippen molar-refractivity contribution in [3.63, 3.8) is 0 Å². The van der Waals surface area contributed by atoms with E-state index in [1.807, 2.05) is 43.5 Å². The van der Waals surface area contributed by atoms with Crippen molar-refractivity contribution in [1.82, 2.24) is 15.1 Å². The van der Waals surface area contributed by atoms with Crippen LogP contribution in [0.5, 0.6) is 0 Å². The molecule has 126 valence electrons. The van der Waals surface area contributed by atoms with Gasteiger partial charge < -0.3 is 10.4 Å². The molecule has 6 nitrogen and oxygen atoms in total. The summed E-state index contributed by atoms with van der Waals surface area (Å²) in [5.74, 6) is -1.48. The third-order valence-corrected chi connectivity index (χ3v) is 4.67. The molecule has 1 aromatic heterocycles. The van der Waals surface area contributed by atoms with Crippen molar-refractivity contribution in [1.29, 1.82) is 0 Å². The molecule has 1 amide bonds. The summed E-state index contributed by atoms with van der Waals surface area (Å²) >= 11 is 0. The number of para-hydroxylation sites is 1. The second-order valence-corrected chi connectivity index (χ2v) is 6.28. The zero-order valence-electron chi connectivity index (χ0n) is 13.6. The van der Waals surface area contributed by atoms with E-state index in [1.54, 1.807) is 10.9 Å². The number of aromatic nitrogens is 2. The van der Waals surface area contributed by atoms with Crippen LogP contribution in [0.1, 0.15) is 37.8 Å². The lowest BCUT2D eigenvalue weighted by molar-refractivity contribution is -0.141. The summed E-state index contributed by atoms with van der Waals surface area (Å²) in [6, 6.07) is 9.47. The Kier molecular flexibility index (Phi) is 4.64. The topological polar surface area (TPSA) is 84.2 Å². The van der Waals surface area contributed by atoms with Gasteiger partial charge in [0, 0.05) is 18.3 Å². The molecule has 1 heterocycles. The maximum Gasteiger partial charge on any atom is 0.306 e. The van der Waals surface area contributed by atoms with Crippen molar-refractivity contribution in [2.24, 2.45) is 11.8 Å². The van der Waals surface area contributed by atoms with Gasteiger partial charge in [0.15, 0.2) is 0 Å². The first-order valence-corrected chi connectivity index (χ1v) is 8.18. The highest BCUT2D eigenvalue weighted by Crippen LogP contribution is 2.32. The van der Waals surface area contributed by atoms with Crippen molar-refractivity contribution in [2.45, 2.75) is 32.2 Å². The maximum absolute atomic E-state index is 12.5. The Morgan fingerprint density at radius 3 is 2.67 bits per heavy atom. The molecule has 2 aromatic rings. The molecule has 0 aliphatic heterocycles. The van der Waals surface area contributed by atoms with Crippen LogP contribution in [0, 0.1) is 11.8 Å². The lowest BCUT2D eigenvalue weighted by Gasteiger charge is -2.20. The van der Waals surface area contributed by atoms with Gasteiger partial charge in [-0.3, -0.25) is 9.59 Å². The predicted octanol–water partition coefficient (Wildman–Crippen LogP) is 2.55. The Balaban J connectivity index is 1.71. The van der Waals surface area contributed by atoms with Gasteiger partial charge in [-0.05, 0) is 43.9 Å². The number of nitrogens with zero attached hydrogens (tertiary/aromatic N) is 2. The number of benzene rings is 1. The first-order chi connectivity index (χ1) is 11.6. The van der Waals surface area contributed by atoms with E-state index < -0.39 is 11.9 Å². The summed E-state index contributed by atoms with van der Waals surface area (Å²) in [7, 11) is 0. The lowest BCUT2D eigenvalue weighted by atomic mass is 10.0.